The number of sulfonamides is 1. The third-order valence-electron chi connectivity index (χ3n) is 5.47. The van der Waals surface area contributed by atoms with E-state index in [-0.39, 0.29) is 34.8 Å². The molecule has 0 radical (unpaired) electrons. The molecule has 0 aliphatic carbocycles. The molecule has 0 bridgehead atoms. The van der Waals surface area contributed by atoms with Crippen molar-refractivity contribution in [3.8, 4) is 0 Å². The Morgan fingerprint density at radius 3 is 2.55 bits per heavy atom. The van der Waals surface area contributed by atoms with Gasteiger partial charge in [-0.05, 0) is 57.0 Å². The van der Waals surface area contributed by atoms with Gasteiger partial charge in [0.15, 0.2) is 0 Å². The molecule has 0 N–H and O–H groups in total. The van der Waals surface area contributed by atoms with Gasteiger partial charge in [-0.2, -0.15) is 0 Å². The van der Waals surface area contributed by atoms with Gasteiger partial charge in [0.2, 0.25) is 0 Å². The molecule has 2 aromatic carbocycles. The Bertz CT molecular complexity index is 1050. The fourth-order valence-electron chi connectivity index (χ4n) is 3.64. The molecular weight excluding hydrogens is 416 g/mol. The number of carbonyl (C=O) groups is 2. The third kappa shape index (κ3) is 5.07. The number of aryl methyl sites for hydroxylation is 1. The van der Waals surface area contributed by atoms with Crippen LogP contribution < -0.4 is 4.31 Å². The first-order valence-electron chi connectivity index (χ1n) is 10.4. The normalized spacial score (nSPS) is 16.6. The summed E-state index contributed by atoms with van der Waals surface area (Å²) in [7, 11) is -2.35. The molecule has 166 valence electrons. The molecule has 1 heterocycles. The van der Waals surface area contributed by atoms with Crippen LogP contribution in [0.1, 0.15) is 35.7 Å². The summed E-state index contributed by atoms with van der Waals surface area (Å²) in [5.74, 6) is -0.933. The zero-order valence-electron chi connectivity index (χ0n) is 18.1. The van der Waals surface area contributed by atoms with Crippen LogP contribution in [0.15, 0.2) is 53.4 Å². The van der Waals surface area contributed by atoms with E-state index in [0.29, 0.717) is 31.7 Å². The molecular formula is C23H28N2O5S. The number of piperidine rings is 1. The number of likely N-dealkylation sites (tertiary alicyclic amines) is 1. The number of ether oxygens (including phenoxy) is 1. The molecule has 0 saturated carbocycles. The highest BCUT2D eigenvalue weighted by Crippen LogP contribution is 2.25. The molecule has 1 saturated heterocycles. The van der Waals surface area contributed by atoms with Gasteiger partial charge >= 0.3 is 5.97 Å². The van der Waals surface area contributed by atoms with E-state index in [1.165, 1.54) is 23.5 Å². The molecule has 0 spiro atoms. The largest absolute Gasteiger partial charge is 0.466 e. The highest BCUT2D eigenvalue weighted by Gasteiger charge is 2.30. The van der Waals surface area contributed by atoms with Crippen molar-refractivity contribution in [2.75, 3.05) is 31.0 Å². The second kappa shape index (κ2) is 9.51. The molecule has 7 nitrogen and oxygen atoms in total. The molecule has 1 fully saturated rings. The van der Waals surface area contributed by atoms with Crippen LogP contribution in [0.4, 0.5) is 5.69 Å². The van der Waals surface area contributed by atoms with Crippen molar-refractivity contribution in [2.24, 2.45) is 5.92 Å². The van der Waals surface area contributed by atoms with Gasteiger partial charge < -0.3 is 9.64 Å². The molecule has 1 aliphatic rings. The number of nitrogens with zero attached hydrogens (tertiary/aromatic N) is 2. The summed E-state index contributed by atoms with van der Waals surface area (Å²) in [6, 6.07) is 13.2. The van der Waals surface area contributed by atoms with Crippen molar-refractivity contribution in [3.63, 3.8) is 0 Å². The van der Waals surface area contributed by atoms with Crippen molar-refractivity contribution in [1.29, 1.82) is 0 Å². The first kappa shape index (κ1) is 22.8. The number of hydrogen-bond acceptors (Lipinski definition) is 5. The summed E-state index contributed by atoms with van der Waals surface area (Å²) < 4.78 is 32.5. The van der Waals surface area contributed by atoms with Gasteiger partial charge in [-0.1, -0.05) is 23.8 Å². The number of rotatable bonds is 6. The van der Waals surface area contributed by atoms with Crippen LogP contribution in [0, 0.1) is 12.8 Å². The van der Waals surface area contributed by atoms with Gasteiger partial charge in [0.05, 0.1) is 23.1 Å². The van der Waals surface area contributed by atoms with Crippen molar-refractivity contribution in [1.82, 2.24) is 4.90 Å². The number of esters is 1. The second-order valence-corrected chi connectivity index (χ2v) is 9.65. The topological polar surface area (TPSA) is 84.0 Å². The lowest BCUT2D eigenvalue weighted by Gasteiger charge is -2.31. The number of hydrogen-bond donors (Lipinski definition) is 0. The predicted molar refractivity (Wildman–Crippen MR) is 118 cm³/mol. The highest BCUT2D eigenvalue weighted by molar-refractivity contribution is 7.92. The first-order chi connectivity index (χ1) is 14.7. The first-order valence-corrected chi connectivity index (χ1v) is 11.8. The van der Waals surface area contributed by atoms with Crippen LogP contribution in [-0.2, 0) is 19.6 Å². The molecule has 1 amide bonds. The van der Waals surface area contributed by atoms with E-state index in [1.807, 2.05) is 19.1 Å². The van der Waals surface area contributed by atoms with Crippen LogP contribution in [0.2, 0.25) is 0 Å². The molecule has 1 atom stereocenters. The Labute approximate surface area is 183 Å². The Balaban J connectivity index is 1.81. The number of amides is 1. The van der Waals surface area contributed by atoms with Gasteiger partial charge in [0.1, 0.15) is 0 Å². The lowest BCUT2D eigenvalue weighted by atomic mass is 9.97. The van der Waals surface area contributed by atoms with Crippen LogP contribution >= 0.6 is 0 Å². The van der Waals surface area contributed by atoms with E-state index in [9.17, 15) is 18.0 Å². The predicted octanol–water partition coefficient (Wildman–Crippen LogP) is 3.24. The van der Waals surface area contributed by atoms with Gasteiger partial charge in [-0.25, -0.2) is 8.42 Å². The smallest absolute Gasteiger partial charge is 0.310 e. The highest BCUT2D eigenvalue weighted by atomic mass is 32.2. The second-order valence-electron chi connectivity index (χ2n) is 7.68. The van der Waals surface area contributed by atoms with Crippen LogP contribution in [0.25, 0.3) is 0 Å². The van der Waals surface area contributed by atoms with Gasteiger partial charge in [-0.3, -0.25) is 13.9 Å². The number of benzene rings is 2. The van der Waals surface area contributed by atoms with Crippen molar-refractivity contribution >= 4 is 27.6 Å². The summed E-state index contributed by atoms with van der Waals surface area (Å²) in [5, 5.41) is 0. The Morgan fingerprint density at radius 2 is 1.87 bits per heavy atom. The zero-order valence-corrected chi connectivity index (χ0v) is 18.9. The molecule has 3 rings (SSSR count). The Kier molecular flexibility index (Phi) is 7.00. The minimum absolute atomic E-state index is 0.0420. The number of carbonyl (C=O) groups excluding carboxylic acids is 2. The van der Waals surface area contributed by atoms with Gasteiger partial charge in [0, 0.05) is 25.7 Å². The molecule has 31 heavy (non-hydrogen) atoms. The minimum atomic E-state index is -3.83. The van der Waals surface area contributed by atoms with Crippen molar-refractivity contribution in [3.05, 3.63) is 59.7 Å². The van der Waals surface area contributed by atoms with E-state index in [1.54, 1.807) is 36.1 Å². The summed E-state index contributed by atoms with van der Waals surface area (Å²) >= 11 is 0. The summed E-state index contributed by atoms with van der Waals surface area (Å²) in [6.07, 6.45) is 1.38. The van der Waals surface area contributed by atoms with E-state index in [0.717, 1.165) is 5.56 Å². The fourth-order valence-corrected chi connectivity index (χ4v) is 4.88. The van der Waals surface area contributed by atoms with Crippen LogP contribution in [-0.4, -0.2) is 51.9 Å². The van der Waals surface area contributed by atoms with Crippen LogP contribution in [0.5, 0.6) is 0 Å². The van der Waals surface area contributed by atoms with Gasteiger partial charge in [-0.15, -0.1) is 0 Å². The minimum Gasteiger partial charge on any atom is -0.466 e. The summed E-state index contributed by atoms with van der Waals surface area (Å²) in [4.78, 5) is 26.8. The quantitative estimate of drug-likeness (QED) is 0.639. The maximum Gasteiger partial charge on any atom is 0.310 e. The van der Waals surface area contributed by atoms with E-state index >= 15 is 0 Å². The molecule has 1 unspecified atom stereocenters. The molecule has 1 aliphatic heterocycles. The molecule has 0 aromatic heterocycles. The summed E-state index contributed by atoms with van der Waals surface area (Å²) in [5.41, 5.74) is 1.85. The monoisotopic (exact) mass is 444 g/mol. The lowest BCUT2D eigenvalue weighted by molar-refractivity contribution is -0.149. The average molecular weight is 445 g/mol. The third-order valence-corrected chi connectivity index (χ3v) is 7.25. The SMILES string of the molecule is CCOC(=O)C1CCCN(C(=O)c2cccc(S(=O)(=O)N(C)c3ccc(C)cc3)c2)C1. The van der Waals surface area contributed by atoms with Crippen molar-refractivity contribution in [2.45, 2.75) is 31.6 Å². The molecule has 2 aromatic rings. The van der Waals surface area contributed by atoms with E-state index in [4.69, 9.17) is 4.74 Å². The fraction of sp³-hybridized carbons (Fsp3) is 0.391. The zero-order chi connectivity index (χ0) is 22.6. The Hall–Kier alpha value is -2.87. The Morgan fingerprint density at radius 1 is 1.16 bits per heavy atom. The standard InChI is InChI=1S/C23H28N2O5S/c1-4-30-23(27)19-8-6-14-25(16-19)22(26)18-7-5-9-21(15-18)31(28,29)24(3)20-12-10-17(2)11-13-20/h5,7,9-13,15,19H,4,6,8,14,16H2,1-3H3. The average Bonchev–Trinajstić information content (AvgIpc) is 2.79. The molecule has 8 heteroatoms. The maximum atomic E-state index is 13.1. The van der Waals surface area contributed by atoms with Crippen molar-refractivity contribution < 1.29 is 22.7 Å². The lowest BCUT2D eigenvalue weighted by Crippen LogP contribution is -2.42. The van der Waals surface area contributed by atoms with Gasteiger partial charge in [0.25, 0.3) is 15.9 Å². The van der Waals surface area contributed by atoms with E-state index in [2.05, 4.69) is 0 Å². The summed E-state index contributed by atoms with van der Waals surface area (Å²) in [6.45, 7) is 4.79. The maximum absolute atomic E-state index is 13.1. The number of anilines is 1. The van der Waals surface area contributed by atoms with Crippen LogP contribution in [0.3, 0.4) is 0 Å². The van der Waals surface area contributed by atoms with E-state index < -0.39 is 10.0 Å².